The molecule has 0 amide bonds. The van der Waals surface area contributed by atoms with Gasteiger partial charge in [-0.1, -0.05) is 46.3 Å². The number of esters is 1. The second-order valence-electron chi connectivity index (χ2n) is 5.78. The molecule has 0 aliphatic rings. The van der Waals surface area contributed by atoms with Crippen molar-refractivity contribution in [1.29, 1.82) is 5.41 Å². The Morgan fingerprint density at radius 1 is 1.08 bits per heavy atom. The molecule has 5 nitrogen and oxygen atoms in total. The molecule has 2 aromatic carbocycles. The van der Waals surface area contributed by atoms with Crippen molar-refractivity contribution in [3.05, 3.63) is 65.2 Å². The van der Waals surface area contributed by atoms with Gasteiger partial charge in [0, 0.05) is 5.33 Å². The van der Waals surface area contributed by atoms with Crippen LogP contribution in [0.5, 0.6) is 5.75 Å². The summed E-state index contributed by atoms with van der Waals surface area (Å²) in [5, 5.41) is 8.71. The minimum Gasteiger partial charge on any atom is -0.493 e. The number of hydrogen-bond acceptors (Lipinski definition) is 4. The van der Waals surface area contributed by atoms with Gasteiger partial charge in [-0.25, -0.2) is 4.79 Å². The van der Waals surface area contributed by atoms with Gasteiger partial charge in [0.05, 0.1) is 17.7 Å². The summed E-state index contributed by atoms with van der Waals surface area (Å²) in [7, 11) is 0. The number of alkyl halides is 1. The van der Waals surface area contributed by atoms with Gasteiger partial charge in [0.15, 0.2) is 0 Å². The van der Waals surface area contributed by atoms with Gasteiger partial charge in [0.1, 0.15) is 18.2 Å². The van der Waals surface area contributed by atoms with Crippen LogP contribution >= 0.6 is 15.9 Å². The number of hydrogen-bond donors (Lipinski definition) is 2. The van der Waals surface area contributed by atoms with Crippen molar-refractivity contribution in [2.24, 2.45) is 5.73 Å². The largest absolute Gasteiger partial charge is 0.493 e. The minimum absolute atomic E-state index is 0.141. The molecule has 0 aromatic heterocycles. The average molecular weight is 419 g/mol. The lowest BCUT2D eigenvalue weighted by atomic mass is 10.1. The number of nitrogen functional groups attached to an aromatic ring is 1. The predicted octanol–water partition coefficient (Wildman–Crippen LogP) is 4.27. The molecule has 0 unspecified atom stereocenters. The van der Waals surface area contributed by atoms with Gasteiger partial charge in [0.25, 0.3) is 0 Å². The smallest absolute Gasteiger partial charge is 0.338 e. The molecule has 2 rings (SSSR count). The molecular formula is C20H23BrN2O3. The number of rotatable bonds is 10. The van der Waals surface area contributed by atoms with Crippen LogP contribution in [-0.2, 0) is 11.3 Å². The quantitative estimate of drug-likeness (QED) is 0.198. The molecule has 0 saturated heterocycles. The molecule has 3 N–H and O–H groups in total. The van der Waals surface area contributed by atoms with Crippen molar-refractivity contribution in [3.8, 4) is 5.75 Å². The third kappa shape index (κ3) is 6.19. The van der Waals surface area contributed by atoms with Gasteiger partial charge in [0.2, 0.25) is 0 Å². The van der Waals surface area contributed by atoms with E-state index in [1.807, 2.05) is 30.3 Å². The Hall–Kier alpha value is -2.34. The van der Waals surface area contributed by atoms with Crippen molar-refractivity contribution >= 4 is 27.7 Å². The Bertz CT molecular complexity index is 735. The zero-order valence-corrected chi connectivity index (χ0v) is 16.1. The van der Waals surface area contributed by atoms with Crippen LogP contribution in [0.1, 0.15) is 40.7 Å². The van der Waals surface area contributed by atoms with Gasteiger partial charge in [-0.3, -0.25) is 5.41 Å². The number of nitrogens with two attached hydrogens (primary N) is 1. The van der Waals surface area contributed by atoms with Gasteiger partial charge in [-0.05, 0) is 43.0 Å². The van der Waals surface area contributed by atoms with E-state index in [0.29, 0.717) is 23.5 Å². The van der Waals surface area contributed by atoms with E-state index in [0.717, 1.165) is 30.2 Å². The zero-order chi connectivity index (χ0) is 18.8. The fourth-order valence-corrected chi connectivity index (χ4v) is 2.75. The van der Waals surface area contributed by atoms with Gasteiger partial charge in [-0.2, -0.15) is 0 Å². The number of unbranched alkanes of at least 4 members (excludes halogenated alkanes) is 2. The monoisotopic (exact) mass is 418 g/mol. The highest BCUT2D eigenvalue weighted by atomic mass is 79.9. The summed E-state index contributed by atoms with van der Waals surface area (Å²) in [6.07, 6.45) is 3.07. The first-order valence-electron chi connectivity index (χ1n) is 8.50. The second kappa shape index (κ2) is 10.6. The zero-order valence-electron chi connectivity index (χ0n) is 14.5. The topological polar surface area (TPSA) is 85.4 Å². The molecule has 26 heavy (non-hydrogen) atoms. The summed E-state index contributed by atoms with van der Waals surface area (Å²) in [5.41, 5.74) is 7.31. The van der Waals surface area contributed by atoms with Gasteiger partial charge >= 0.3 is 5.97 Å². The molecule has 6 heteroatoms. The fraction of sp³-hybridized carbons (Fsp3) is 0.300. The Morgan fingerprint density at radius 2 is 1.85 bits per heavy atom. The van der Waals surface area contributed by atoms with E-state index >= 15 is 0 Å². The maximum absolute atomic E-state index is 12.3. The Kier molecular flexibility index (Phi) is 8.15. The number of benzene rings is 2. The van der Waals surface area contributed by atoms with Crippen LogP contribution in [-0.4, -0.2) is 23.7 Å². The molecule has 0 heterocycles. The Morgan fingerprint density at radius 3 is 2.54 bits per heavy atom. The third-order valence-corrected chi connectivity index (χ3v) is 4.31. The van der Waals surface area contributed by atoms with Crippen molar-refractivity contribution in [1.82, 2.24) is 0 Å². The molecule has 0 fully saturated rings. The average Bonchev–Trinajstić information content (AvgIpc) is 2.66. The minimum atomic E-state index is -0.458. The van der Waals surface area contributed by atoms with Crippen molar-refractivity contribution in [2.45, 2.75) is 25.9 Å². The number of carbonyl (C=O) groups excluding carboxylic acids is 1. The number of carbonyl (C=O) groups is 1. The molecule has 0 aliphatic heterocycles. The number of nitrogens with one attached hydrogen (secondary N) is 1. The van der Waals surface area contributed by atoms with Gasteiger partial charge in [-0.15, -0.1) is 0 Å². The van der Waals surface area contributed by atoms with E-state index < -0.39 is 5.97 Å². The van der Waals surface area contributed by atoms with Crippen LogP contribution in [0.2, 0.25) is 0 Å². The predicted molar refractivity (Wildman–Crippen MR) is 106 cm³/mol. The normalized spacial score (nSPS) is 10.3. The van der Waals surface area contributed by atoms with E-state index in [-0.39, 0.29) is 12.4 Å². The fourth-order valence-electron chi connectivity index (χ4n) is 2.36. The lowest BCUT2D eigenvalue weighted by molar-refractivity contribution is 0.0472. The summed E-state index contributed by atoms with van der Waals surface area (Å²) in [6, 6.07) is 14.3. The maximum Gasteiger partial charge on any atom is 0.338 e. The third-order valence-electron chi connectivity index (χ3n) is 3.75. The van der Waals surface area contributed by atoms with Crippen LogP contribution in [0.15, 0.2) is 48.5 Å². The maximum atomic E-state index is 12.3. The molecule has 0 saturated carbocycles. The van der Waals surface area contributed by atoms with E-state index in [1.165, 1.54) is 0 Å². The summed E-state index contributed by atoms with van der Waals surface area (Å²) < 4.78 is 11.0. The Labute approximate surface area is 162 Å². The summed E-state index contributed by atoms with van der Waals surface area (Å²) in [6.45, 7) is 0.742. The van der Waals surface area contributed by atoms with Crippen molar-refractivity contribution in [2.75, 3.05) is 11.9 Å². The lowest BCUT2D eigenvalue weighted by Gasteiger charge is -2.12. The molecule has 0 spiro atoms. The molecule has 138 valence electrons. The first kappa shape index (κ1) is 20.0. The number of amidine groups is 1. The summed E-state index contributed by atoms with van der Waals surface area (Å²) >= 11 is 3.40. The molecule has 0 atom stereocenters. The van der Waals surface area contributed by atoms with E-state index in [1.54, 1.807) is 18.2 Å². The van der Waals surface area contributed by atoms with E-state index in [4.69, 9.17) is 20.6 Å². The van der Waals surface area contributed by atoms with Crippen LogP contribution < -0.4 is 10.5 Å². The van der Waals surface area contributed by atoms with Crippen molar-refractivity contribution < 1.29 is 14.3 Å². The van der Waals surface area contributed by atoms with Gasteiger partial charge < -0.3 is 15.2 Å². The second-order valence-corrected chi connectivity index (χ2v) is 6.58. The van der Waals surface area contributed by atoms with Crippen LogP contribution in [0, 0.1) is 5.41 Å². The highest BCUT2D eigenvalue weighted by Gasteiger charge is 2.14. The molecule has 0 radical (unpaired) electrons. The van der Waals surface area contributed by atoms with E-state index in [2.05, 4.69) is 15.9 Å². The van der Waals surface area contributed by atoms with Crippen LogP contribution in [0.4, 0.5) is 0 Å². The highest BCUT2D eigenvalue weighted by molar-refractivity contribution is 9.09. The first-order chi connectivity index (χ1) is 12.6. The molecular weight excluding hydrogens is 396 g/mol. The highest BCUT2D eigenvalue weighted by Crippen LogP contribution is 2.21. The SMILES string of the molecule is N=C(N)c1cc(C(=O)OCc2ccccc2)ccc1OCCCCCBr. The Balaban J connectivity index is 1.99. The first-order valence-corrected chi connectivity index (χ1v) is 9.62. The molecule has 0 aliphatic carbocycles. The molecule has 2 aromatic rings. The summed E-state index contributed by atoms with van der Waals surface area (Å²) in [4.78, 5) is 12.3. The summed E-state index contributed by atoms with van der Waals surface area (Å²) in [5.74, 6) is -0.0886. The number of ether oxygens (including phenoxy) is 2. The van der Waals surface area contributed by atoms with E-state index in [9.17, 15) is 4.79 Å². The van der Waals surface area contributed by atoms with Crippen LogP contribution in [0.3, 0.4) is 0 Å². The van der Waals surface area contributed by atoms with Crippen LogP contribution in [0.25, 0.3) is 0 Å². The lowest BCUT2D eigenvalue weighted by Crippen LogP contribution is -2.15. The standard InChI is InChI=1S/C20H23BrN2O3/c21-11-5-2-6-12-25-18-10-9-16(13-17(18)19(22)23)20(24)26-14-15-7-3-1-4-8-15/h1,3-4,7-10,13H,2,5-6,11-12,14H2,(H3,22,23). The number of halogens is 1. The van der Waals surface area contributed by atoms with Crippen molar-refractivity contribution in [3.63, 3.8) is 0 Å². The molecule has 0 bridgehead atoms.